The van der Waals surface area contributed by atoms with Crippen LogP contribution in [0.5, 0.6) is 0 Å². The summed E-state index contributed by atoms with van der Waals surface area (Å²) in [6.07, 6.45) is -0.0932. The molecule has 1 aromatic carbocycles. The highest BCUT2D eigenvalue weighted by Crippen LogP contribution is 2.06. The standard InChI is InChI=1S/C10H9FO3/c11-6-9(12)8-3-1-7(2-4-8)5-10(13)14/h1-4H,5-6H2,(H,13,14). The van der Waals surface area contributed by atoms with Gasteiger partial charge >= 0.3 is 5.97 Å². The Morgan fingerprint density at radius 2 is 1.79 bits per heavy atom. The Morgan fingerprint density at radius 1 is 1.21 bits per heavy atom. The highest BCUT2D eigenvalue weighted by molar-refractivity contribution is 5.97. The number of halogens is 1. The van der Waals surface area contributed by atoms with E-state index in [4.69, 9.17) is 5.11 Å². The number of alkyl halides is 1. The Kier molecular flexibility index (Phi) is 3.34. The van der Waals surface area contributed by atoms with E-state index in [0.29, 0.717) is 5.56 Å². The normalized spacial score (nSPS) is 9.79. The second-order valence-electron chi connectivity index (χ2n) is 2.82. The molecule has 0 heterocycles. The van der Waals surface area contributed by atoms with Crippen LogP contribution >= 0.6 is 0 Å². The monoisotopic (exact) mass is 196 g/mol. The van der Waals surface area contributed by atoms with Crippen LogP contribution in [0.1, 0.15) is 15.9 Å². The molecule has 74 valence electrons. The van der Waals surface area contributed by atoms with Crippen LogP contribution < -0.4 is 0 Å². The molecule has 0 aromatic heterocycles. The lowest BCUT2D eigenvalue weighted by atomic mass is 10.1. The first-order chi connectivity index (χ1) is 6.63. The van der Waals surface area contributed by atoms with Gasteiger partial charge in [0, 0.05) is 5.56 Å². The smallest absolute Gasteiger partial charge is 0.307 e. The Bertz CT molecular complexity index is 343. The second kappa shape index (κ2) is 4.50. The number of aliphatic carboxylic acids is 1. The van der Waals surface area contributed by atoms with Crippen molar-refractivity contribution >= 4 is 11.8 Å². The van der Waals surface area contributed by atoms with E-state index in [2.05, 4.69) is 0 Å². The van der Waals surface area contributed by atoms with Gasteiger partial charge in [0.05, 0.1) is 6.42 Å². The number of hydrogen-bond donors (Lipinski definition) is 1. The van der Waals surface area contributed by atoms with Crippen LogP contribution in [0.4, 0.5) is 4.39 Å². The van der Waals surface area contributed by atoms with Crippen molar-refractivity contribution in [1.29, 1.82) is 0 Å². The van der Waals surface area contributed by atoms with E-state index in [0.717, 1.165) is 0 Å². The van der Waals surface area contributed by atoms with Gasteiger partial charge in [0.2, 0.25) is 0 Å². The molecular formula is C10H9FO3. The zero-order valence-corrected chi connectivity index (χ0v) is 7.37. The van der Waals surface area contributed by atoms with Gasteiger partial charge in [-0.15, -0.1) is 0 Å². The van der Waals surface area contributed by atoms with Gasteiger partial charge in [0.1, 0.15) is 0 Å². The summed E-state index contributed by atoms with van der Waals surface area (Å²) in [5.74, 6) is -1.53. The predicted molar refractivity (Wildman–Crippen MR) is 48.1 cm³/mol. The predicted octanol–water partition coefficient (Wildman–Crippen LogP) is 1.47. The zero-order valence-electron chi connectivity index (χ0n) is 7.37. The fourth-order valence-corrected chi connectivity index (χ4v) is 1.06. The number of Topliss-reactive ketones (excluding diaryl/α,β-unsaturated/α-hetero) is 1. The molecule has 0 bridgehead atoms. The number of ketones is 1. The van der Waals surface area contributed by atoms with Gasteiger partial charge in [-0.1, -0.05) is 24.3 Å². The topological polar surface area (TPSA) is 54.4 Å². The summed E-state index contributed by atoms with van der Waals surface area (Å²) in [6, 6.07) is 5.88. The van der Waals surface area contributed by atoms with E-state index in [1.807, 2.05) is 0 Å². The highest BCUT2D eigenvalue weighted by atomic mass is 19.1. The molecule has 0 spiro atoms. The molecule has 0 saturated heterocycles. The van der Waals surface area contributed by atoms with E-state index in [-0.39, 0.29) is 12.0 Å². The van der Waals surface area contributed by atoms with Crippen LogP contribution in [0, 0.1) is 0 Å². The minimum Gasteiger partial charge on any atom is -0.481 e. The number of carbonyl (C=O) groups excluding carboxylic acids is 1. The summed E-state index contributed by atoms with van der Waals surface area (Å²) >= 11 is 0. The maximum absolute atomic E-state index is 11.9. The molecule has 0 atom stereocenters. The Hall–Kier alpha value is -1.71. The fraction of sp³-hybridized carbons (Fsp3) is 0.200. The summed E-state index contributed by atoms with van der Waals surface area (Å²) in [4.78, 5) is 21.2. The van der Waals surface area contributed by atoms with Crippen LogP contribution in [-0.4, -0.2) is 23.5 Å². The molecule has 0 aliphatic rings. The average molecular weight is 196 g/mol. The number of carbonyl (C=O) groups is 2. The molecule has 0 saturated carbocycles. The summed E-state index contributed by atoms with van der Waals surface area (Å²) in [7, 11) is 0. The molecule has 0 amide bonds. The van der Waals surface area contributed by atoms with Crippen LogP contribution in [0.15, 0.2) is 24.3 Å². The van der Waals surface area contributed by atoms with Gasteiger partial charge in [-0.3, -0.25) is 9.59 Å². The molecule has 0 radical (unpaired) electrons. The first-order valence-corrected chi connectivity index (χ1v) is 4.03. The van der Waals surface area contributed by atoms with E-state index in [1.165, 1.54) is 24.3 Å². The number of carboxylic acids is 1. The fourth-order valence-electron chi connectivity index (χ4n) is 1.06. The molecule has 0 unspecified atom stereocenters. The Balaban J connectivity index is 2.78. The Morgan fingerprint density at radius 3 is 2.21 bits per heavy atom. The zero-order chi connectivity index (χ0) is 10.6. The highest BCUT2D eigenvalue weighted by Gasteiger charge is 2.05. The van der Waals surface area contributed by atoms with Crippen LogP contribution in [0.2, 0.25) is 0 Å². The molecule has 0 aliphatic carbocycles. The average Bonchev–Trinajstić information content (AvgIpc) is 2.17. The Labute approximate surface area is 80.2 Å². The van der Waals surface area contributed by atoms with Crippen molar-refractivity contribution < 1.29 is 19.1 Å². The number of rotatable bonds is 4. The third kappa shape index (κ3) is 2.65. The lowest BCUT2D eigenvalue weighted by molar-refractivity contribution is -0.136. The minimum absolute atomic E-state index is 0.0932. The van der Waals surface area contributed by atoms with Crippen molar-refractivity contribution in [3.63, 3.8) is 0 Å². The largest absolute Gasteiger partial charge is 0.481 e. The lowest BCUT2D eigenvalue weighted by Crippen LogP contribution is -2.03. The third-order valence-electron chi connectivity index (χ3n) is 1.75. The summed E-state index contributed by atoms with van der Waals surface area (Å²) in [5.41, 5.74) is 0.856. The molecular weight excluding hydrogens is 187 g/mol. The summed E-state index contributed by atoms with van der Waals surface area (Å²) < 4.78 is 11.9. The van der Waals surface area contributed by atoms with Crippen molar-refractivity contribution in [3.8, 4) is 0 Å². The van der Waals surface area contributed by atoms with E-state index in [9.17, 15) is 14.0 Å². The van der Waals surface area contributed by atoms with Gasteiger partial charge in [-0.25, -0.2) is 4.39 Å². The molecule has 14 heavy (non-hydrogen) atoms. The van der Waals surface area contributed by atoms with Crippen LogP contribution in [-0.2, 0) is 11.2 Å². The third-order valence-corrected chi connectivity index (χ3v) is 1.75. The van der Waals surface area contributed by atoms with Crippen molar-refractivity contribution in [2.75, 3.05) is 6.67 Å². The van der Waals surface area contributed by atoms with Crippen molar-refractivity contribution in [2.45, 2.75) is 6.42 Å². The molecule has 1 N–H and O–H groups in total. The molecule has 0 fully saturated rings. The molecule has 0 aliphatic heterocycles. The van der Waals surface area contributed by atoms with E-state index in [1.54, 1.807) is 0 Å². The van der Waals surface area contributed by atoms with Gasteiger partial charge in [0.25, 0.3) is 0 Å². The molecule has 1 aromatic rings. The SMILES string of the molecule is O=C(O)Cc1ccc(C(=O)CF)cc1. The maximum Gasteiger partial charge on any atom is 0.307 e. The maximum atomic E-state index is 11.9. The van der Waals surface area contributed by atoms with Gasteiger partial charge < -0.3 is 5.11 Å². The molecule has 4 heteroatoms. The first kappa shape index (κ1) is 10.4. The van der Waals surface area contributed by atoms with Gasteiger partial charge in [-0.05, 0) is 5.56 Å². The first-order valence-electron chi connectivity index (χ1n) is 4.03. The second-order valence-corrected chi connectivity index (χ2v) is 2.82. The van der Waals surface area contributed by atoms with E-state index < -0.39 is 18.4 Å². The molecule has 1 rings (SSSR count). The van der Waals surface area contributed by atoms with Gasteiger partial charge in [0.15, 0.2) is 12.5 Å². The molecule has 3 nitrogen and oxygen atoms in total. The summed E-state index contributed by atoms with van der Waals surface area (Å²) in [5, 5.41) is 8.46. The van der Waals surface area contributed by atoms with Crippen molar-refractivity contribution in [2.24, 2.45) is 0 Å². The summed E-state index contributed by atoms with van der Waals surface area (Å²) in [6.45, 7) is -1.03. The van der Waals surface area contributed by atoms with Crippen LogP contribution in [0.3, 0.4) is 0 Å². The number of benzene rings is 1. The van der Waals surface area contributed by atoms with Crippen LogP contribution in [0.25, 0.3) is 0 Å². The van der Waals surface area contributed by atoms with Gasteiger partial charge in [-0.2, -0.15) is 0 Å². The number of carboxylic acid groups (broad SMARTS) is 1. The van der Waals surface area contributed by atoms with E-state index >= 15 is 0 Å². The lowest BCUT2D eigenvalue weighted by Gasteiger charge is -1.99. The van der Waals surface area contributed by atoms with Crippen molar-refractivity contribution in [1.82, 2.24) is 0 Å². The number of hydrogen-bond acceptors (Lipinski definition) is 2. The van der Waals surface area contributed by atoms with Crippen molar-refractivity contribution in [3.05, 3.63) is 35.4 Å². The quantitative estimate of drug-likeness (QED) is 0.742. The minimum atomic E-state index is -1.03.